The van der Waals surface area contributed by atoms with Gasteiger partial charge in [-0.1, -0.05) is 6.08 Å². The second kappa shape index (κ2) is 7.92. The molecule has 6 nitrogen and oxygen atoms in total. The van der Waals surface area contributed by atoms with Gasteiger partial charge < -0.3 is 14.2 Å². The maximum atomic E-state index is 12.8. The van der Waals surface area contributed by atoms with Gasteiger partial charge in [-0.2, -0.15) is 4.31 Å². The summed E-state index contributed by atoms with van der Waals surface area (Å²) in [7, 11) is 1.31. The maximum absolute atomic E-state index is 12.8. The van der Waals surface area contributed by atoms with Crippen LogP contribution in [0.3, 0.4) is 0 Å². The molecule has 0 aliphatic carbocycles. The highest BCUT2D eigenvalue weighted by Crippen LogP contribution is 2.41. The van der Waals surface area contributed by atoms with E-state index in [4.69, 9.17) is 14.2 Å². The van der Waals surface area contributed by atoms with Crippen LogP contribution >= 0.6 is 11.3 Å². The van der Waals surface area contributed by atoms with Crippen molar-refractivity contribution in [1.82, 2.24) is 4.31 Å². The third-order valence-electron chi connectivity index (χ3n) is 4.52. The van der Waals surface area contributed by atoms with Crippen molar-refractivity contribution >= 4 is 26.9 Å². The molecule has 0 amide bonds. The Balaban J connectivity index is 1.92. The topological polar surface area (TPSA) is 65.1 Å². The monoisotopic (exact) mass is 409 g/mol. The molecule has 0 bridgehead atoms. The minimum absolute atomic E-state index is 0.312. The Kier molecular flexibility index (Phi) is 5.78. The number of benzene rings is 1. The van der Waals surface area contributed by atoms with Gasteiger partial charge in [-0.15, -0.1) is 11.3 Å². The zero-order valence-electron chi connectivity index (χ0n) is 15.8. The number of hydrogen-bond donors (Lipinski definition) is 0. The van der Waals surface area contributed by atoms with Crippen molar-refractivity contribution in [3.8, 4) is 17.2 Å². The number of sulfonamides is 1. The van der Waals surface area contributed by atoms with Gasteiger partial charge in [0.15, 0.2) is 0 Å². The lowest BCUT2D eigenvalue weighted by Crippen LogP contribution is -2.34. The first-order valence-electron chi connectivity index (χ1n) is 8.46. The van der Waals surface area contributed by atoms with Crippen molar-refractivity contribution in [3.63, 3.8) is 0 Å². The number of thiophene rings is 1. The molecule has 0 saturated heterocycles. The van der Waals surface area contributed by atoms with E-state index in [0.29, 0.717) is 41.0 Å². The van der Waals surface area contributed by atoms with Gasteiger partial charge in [0.25, 0.3) is 10.0 Å². The molecule has 0 radical (unpaired) electrons. The molecule has 8 heteroatoms. The minimum atomic E-state index is -3.46. The molecule has 1 aliphatic heterocycles. The van der Waals surface area contributed by atoms with Gasteiger partial charge in [0.2, 0.25) is 0 Å². The molecule has 2 heterocycles. The van der Waals surface area contributed by atoms with Gasteiger partial charge in [-0.3, -0.25) is 0 Å². The Labute approximate surface area is 164 Å². The van der Waals surface area contributed by atoms with Crippen LogP contribution in [0.15, 0.2) is 34.6 Å². The quantitative estimate of drug-likeness (QED) is 0.730. The zero-order chi connectivity index (χ0) is 19.6. The molecule has 1 aromatic carbocycles. The molecule has 3 rings (SSSR count). The summed E-state index contributed by atoms with van der Waals surface area (Å²) in [6.07, 6.45) is 2.50. The van der Waals surface area contributed by atoms with Crippen molar-refractivity contribution in [2.75, 3.05) is 34.4 Å². The highest BCUT2D eigenvalue weighted by molar-refractivity contribution is 7.91. The first kappa shape index (κ1) is 19.7. The molecule has 0 atom stereocenters. The van der Waals surface area contributed by atoms with Crippen LogP contribution in [-0.2, 0) is 10.0 Å². The van der Waals surface area contributed by atoms with Crippen molar-refractivity contribution in [3.05, 3.63) is 40.8 Å². The van der Waals surface area contributed by atoms with E-state index >= 15 is 0 Å². The average molecular weight is 410 g/mol. The van der Waals surface area contributed by atoms with E-state index in [1.165, 1.54) is 15.6 Å². The third-order valence-corrected chi connectivity index (χ3v) is 7.85. The van der Waals surface area contributed by atoms with Crippen LogP contribution in [-0.4, -0.2) is 47.1 Å². The SMILES string of the molecule is COc1cc(OC)c(C2=CCN(S(=O)(=O)c3ccc(C)s3)CC2)c(OC)c1. The van der Waals surface area contributed by atoms with Crippen molar-refractivity contribution in [2.24, 2.45) is 0 Å². The number of hydrogen-bond acceptors (Lipinski definition) is 6. The summed E-state index contributed by atoms with van der Waals surface area (Å²) in [5, 5.41) is 0. The molecule has 0 unspecified atom stereocenters. The molecule has 146 valence electrons. The Morgan fingerprint density at radius 2 is 1.70 bits per heavy atom. The number of ether oxygens (including phenoxy) is 3. The molecule has 0 fully saturated rings. The highest BCUT2D eigenvalue weighted by Gasteiger charge is 2.29. The van der Waals surface area contributed by atoms with Crippen LogP contribution in [0.25, 0.3) is 5.57 Å². The summed E-state index contributed by atoms with van der Waals surface area (Å²) < 4.78 is 43.8. The van der Waals surface area contributed by atoms with E-state index in [2.05, 4.69) is 0 Å². The predicted molar refractivity (Wildman–Crippen MR) is 107 cm³/mol. The number of rotatable bonds is 6. The second-order valence-corrected chi connectivity index (χ2v) is 9.57. The third kappa shape index (κ3) is 3.83. The lowest BCUT2D eigenvalue weighted by atomic mass is 9.98. The van der Waals surface area contributed by atoms with E-state index in [0.717, 1.165) is 16.0 Å². The normalized spacial score (nSPS) is 15.3. The van der Waals surface area contributed by atoms with Crippen LogP contribution in [0.1, 0.15) is 16.9 Å². The zero-order valence-corrected chi connectivity index (χ0v) is 17.4. The van der Waals surface area contributed by atoms with Crippen LogP contribution in [0.2, 0.25) is 0 Å². The summed E-state index contributed by atoms with van der Waals surface area (Å²) in [6.45, 7) is 2.62. The summed E-state index contributed by atoms with van der Waals surface area (Å²) in [5.74, 6) is 1.92. The molecular formula is C19H23NO5S2. The number of methoxy groups -OCH3 is 3. The fourth-order valence-electron chi connectivity index (χ4n) is 3.10. The van der Waals surface area contributed by atoms with Crippen molar-refractivity contribution < 1.29 is 22.6 Å². The predicted octanol–water partition coefficient (Wildman–Crippen LogP) is 3.56. The van der Waals surface area contributed by atoms with E-state index in [-0.39, 0.29) is 0 Å². The summed E-state index contributed by atoms with van der Waals surface area (Å²) in [6, 6.07) is 7.10. The van der Waals surface area contributed by atoms with E-state index in [1.807, 2.05) is 19.1 Å². The largest absolute Gasteiger partial charge is 0.496 e. The number of nitrogens with zero attached hydrogens (tertiary/aromatic N) is 1. The average Bonchev–Trinajstić information content (AvgIpc) is 3.14. The number of aryl methyl sites for hydroxylation is 1. The minimum Gasteiger partial charge on any atom is -0.496 e. The standard InChI is InChI=1S/C19H23NO5S2/c1-13-5-6-18(26-13)27(21,22)20-9-7-14(8-10-20)19-16(24-3)11-15(23-2)12-17(19)25-4/h5-7,11-12H,8-10H2,1-4H3. The second-order valence-electron chi connectivity index (χ2n) is 6.11. The first-order valence-corrected chi connectivity index (χ1v) is 10.7. The van der Waals surface area contributed by atoms with Crippen LogP contribution < -0.4 is 14.2 Å². The lowest BCUT2D eigenvalue weighted by Gasteiger charge is -2.26. The Bertz CT molecular complexity index is 937. The molecule has 1 aliphatic rings. The fourth-order valence-corrected chi connectivity index (χ4v) is 5.91. The van der Waals surface area contributed by atoms with Gasteiger partial charge in [-0.05, 0) is 31.1 Å². The molecule has 0 saturated carbocycles. The summed E-state index contributed by atoms with van der Waals surface area (Å²) in [4.78, 5) is 0.981. The first-order chi connectivity index (χ1) is 12.9. The van der Waals surface area contributed by atoms with Crippen molar-refractivity contribution in [1.29, 1.82) is 0 Å². The van der Waals surface area contributed by atoms with Gasteiger partial charge in [0.1, 0.15) is 21.5 Å². The lowest BCUT2D eigenvalue weighted by molar-refractivity contribution is 0.372. The van der Waals surface area contributed by atoms with Gasteiger partial charge >= 0.3 is 0 Å². The van der Waals surface area contributed by atoms with Gasteiger partial charge in [0, 0.05) is 30.1 Å². The van der Waals surface area contributed by atoms with Gasteiger partial charge in [0.05, 0.1) is 26.9 Å². The summed E-state index contributed by atoms with van der Waals surface area (Å²) >= 11 is 1.30. The van der Waals surface area contributed by atoms with Crippen molar-refractivity contribution in [2.45, 2.75) is 17.6 Å². The van der Waals surface area contributed by atoms with Crippen LogP contribution in [0.4, 0.5) is 0 Å². The Morgan fingerprint density at radius 1 is 1.04 bits per heavy atom. The maximum Gasteiger partial charge on any atom is 0.252 e. The highest BCUT2D eigenvalue weighted by atomic mass is 32.2. The Morgan fingerprint density at radius 3 is 2.15 bits per heavy atom. The van der Waals surface area contributed by atoms with Crippen LogP contribution in [0.5, 0.6) is 17.2 Å². The van der Waals surface area contributed by atoms with E-state index < -0.39 is 10.0 Å². The molecule has 0 N–H and O–H groups in total. The van der Waals surface area contributed by atoms with Gasteiger partial charge in [-0.25, -0.2) is 8.42 Å². The Hall–Kier alpha value is -2.03. The summed E-state index contributed by atoms with van der Waals surface area (Å²) in [5.41, 5.74) is 1.84. The molecule has 2 aromatic rings. The molecule has 27 heavy (non-hydrogen) atoms. The van der Waals surface area contributed by atoms with Crippen LogP contribution in [0, 0.1) is 6.92 Å². The molecule has 0 spiro atoms. The molecular weight excluding hydrogens is 386 g/mol. The smallest absolute Gasteiger partial charge is 0.252 e. The van der Waals surface area contributed by atoms with E-state index in [9.17, 15) is 8.42 Å². The molecule has 1 aromatic heterocycles. The fraction of sp³-hybridized carbons (Fsp3) is 0.368. The van der Waals surface area contributed by atoms with E-state index in [1.54, 1.807) is 39.5 Å².